The molecule has 0 amide bonds. The van der Waals surface area contributed by atoms with Gasteiger partial charge in [-0.15, -0.1) is 0 Å². The van der Waals surface area contributed by atoms with Crippen molar-refractivity contribution in [3.63, 3.8) is 0 Å². The topological polar surface area (TPSA) is 32.3 Å². The summed E-state index contributed by atoms with van der Waals surface area (Å²) in [5, 5.41) is 12.9. The van der Waals surface area contributed by atoms with Crippen LogP contribution in [-0.2, 0) is 0 Å². The molecule has 19 heavy (non-hydrogen) atoms. The van der Waals surface area contributed by atoms with Gasteiger partial charge in [0, 0.05) is 14.6 Å². The number of para-hydroxylation sites is 1. The van der Waals surface area contributed by atoms with E-state index in [4.69, 9.17) is 0 Å². The van der Waals surface area contributed by atoms with Crippen LogP contribution in [0.5, 0.6) is 0 Å². The highest BCUT2D eigenvalue weighted by molar-refractivity contribution is 9.10. The molecule has 100 valence electrons. The van der Waals surface area contributed by atoms with Gasteiger partial charge in [0.15, 0.2) is 0 Å². The number of benzene rings is 2. The highest BCUT2D eigenvalue weighted by atomic mass is 79.9. The summed E-state index contributed by atoms with van der Waals surface area (Å²) in [7, 11) is 0. The van der Waals surface area contributed by atoms with E-state index in [1.54, 1.807) is 0 Å². The quantitative estimate of drug-likeness (QED) is 0.802. The Morgan fingerprint density at radius 3 is 2.47 bits per heavy atom. The van der Waals surface area contributed by atoms with Crippen LogP contribution >= 0.6 is 31.9 Å². The predicted molar refractivity (Wildman–Crippen MR) is 86.5 cm³/mol. The van der Waals surface area contributed by atoms with Gasteiger partial charge in [-0.05, 0) is 52.2 Å². The summed E-state index contributed by atoms with van der Waals surface area (Å²) in [6.45, 7) is 2.08. The van der Waals surface area contributed by atoms with Crippen LogP contribution in [0.2, 0.25) is 0 Å². The normalized spacial score (nSPS) is 12.2. The zero-order valence-electron chi connectivity index (χ0n) is 10.5. The molecule has 0 fully saturated rings. The second kappa shape index (κ2) is 6.55. The Bertz CT molecular complexity index is 572. The molecule has 2 N–H and O–H groups in total. The Morgan fingerprint density at radius 2 is 1.84 bits per heavy atom. The van der Waals surface area contributed by atoms with Crippen molar-refractivity contribution in [3.05, 3.63) is 62.5 Å². The van der Waals surface area contributed by atoms with Gasteiger partial charge in [-0.3, -0.25) is 0 Å². The van der Waals surface area contributed by atoms with Crippen LogP contribution in [0.3, 0.4) is 0 Å². The molecule has 0 aliphatic heterocycles. The number of hydrogen-bond acceptors (Lipinski definition) is 2. The van der Waals surface area contributed by atoms with Gasteiger partial charge in [-0.1, -0.05) is 40.2 Å². The van der Waals surface area contributed by atoms with Crippen LogP contribution in [0.1, 0.15) is 17.2 Å². The van der Waals surface area contributed by atoms with Crippen molar-refractivity contribution in [2.75, 3.05) is 11.9 Å². The summed E-state index contributed by atoms with van der Waals surface area (Å²) in [5.41, 5.74) is 3.20. The summed E-state index contributed by atoms with van der Waals surface area (Å²) in [6.07, 6.45) is 0. The van der Waals surface area contributed by atoms with Crippen molar-refractivity contribution in [1.29, 1.82) is 0 Å². The van der Waals surface area contributed by atoms with Gasteiger partial charge in [0.05, 0.1) is 12.6 Å². The van der Waals surface area contributed by atoms with Crippen LogP contribution in [0, 0.1) is 6.92 Å². The van der Waals surface area contributed by atoms with Gasteiger partial charge < -0.3 is 10.4 Å². The first-order valence-electron chi connectivity index (χ1n) is 6.00. The smallest absolute Gasteiger partial charge is 0.0745 e. The minimum atomic E-state index is -0.129. The number of halogens is 2. The molecule has 0 spiro atoms. The fourth-order valence-electron chi connectivity index (χ4n) is 1.83. The molecule has 0 radical (unpaired) electrons. The number of anilines is 1. The Hall–Kier alpha value is -0.840. The summed E-state index contributed by atoms with van der Waals surface area (Å²) in [5.74, 6) is 0. The van der Waals surface area contributed by atoms with Gasteiger partial charge in [0.2, 0.25) is 0 Å². The third-order valence-corrected chi connectivity index (χ3v) is 4.53. The van der Waals surface area contributed by atoms with Crippen molar-refractivity contribution >= 4 is 37.5 Å². The molecule has 0 saturated heterocycles. The molecule has 0 saturated carbocycles. The van der Waals surface area contributed by atoms with E-state index in [1.165, 1.54) is 5.56 Å². The minimum absolute atomic E-state index is 0.0385. The standard InChI is InChI=1S/C15H15Br2NO/c1-10-6-7-11(8-13(10)17)15(9-19)18-14-5-3-2-4-12(14)16/h2-8,15,18-19H,9H2,1H3. The second-order valence-electron chi connectivity index (χ2n) is 4.37. The Kier molecular flexibility index (Phi) is 5.02. The second-order valence-corrected chi connectivity index (χ2v) is 6.08. The third-order valence-electron chi connectivity index (χ3n) is 2.98. The molecule has 0 aromatic heterocycles. The van der Waals surface area contributed by atoms with Crippen molar-refractivity contribution in [3.8, 4) is 0 Å². The molecular formula is C15H15Br2NO. The third kappa shape index (κ3) is 3.59. The fraction of sp³-hybridized carbons (Fsp3) is 0.200. The first kappa shape index (κ1) is 14.6. The first-order valence-corrected chi connectivity index (χ1v) is 7.58. The number of aliphatic hydroxyl groups is 1. The summed E-state index contributed by atoms with van der Waals surface area (Å²) >= 11 is 7.02. The van der Waals surface area contributed by atoms with E-state index in [2.05, 4.69) is 37.2 Å². The van der Waals surface area contributed by atoms with Crippen molar-refractivity contribution in [2.24, 2.45) is 0 Å². The maximum atomic E-state index is 9.60. The molecular weight excluding hydrogens is 370 g/mol. The molecule has 0 aliphatic rings. The minimum Gasteiger partial charge on any atom is -0.394 e. The predicted octanol–water partition coefficient (Wildman–Crippen LogP) is 4.67. The molecule has 2 aromatic carbocycles. The summed E-state index contributed by atoms with van der Waals surface area (Å²) in [6, 6.07) is 13.9. The van der Waals surface area contributed by atoms with Crippen LogP contribution in [0.25, 0.3) is 0 Å². The summed E-state index contributed by atoms with van der Waals surface area (Å²) < 4.78 is 2.04. The fourth-order valence-corrected chi connectivity index (χ4v) is 2.62. The van der Waals surface area contributed by atoms with E-state index in [0.717, 1.165) is 20.2 Å². The molecule has 2 rings (SSSR count). The Balaban J connectivity index is 2.25. The van der Waals surface area contributed by atoms with E-state index < -0.39 is 0 Å². The van der Waals surface area contributed by atoms with E-state index in [1.807, 2.05) is 49.4 Å². The zero-order valence-corrected chi connectivity index (χ0v) is 13.7. The van der Waals surface area contributed by atoms with Gasteiger partial charge in [-0.2, -0.15) is 0 Å². The van der Waals surface area contributed by atoms with Crippen molar-refractivity contribution in [2.45, 2.75) is 13.0 Å². The van der Waals surface area contributed by atoms with E-state index >= 15 is 0 Å². The molecule has 2 aromatic rings. The Labute approximate surface area is 130 Å². The van der Waals surface area contributed by atoms with E-state index in [-0.39, 0.29) is 12.6 Å². The average Bonchev–Trinajstić information content (AvgIpc) is 2.41. The molecule has 4 heteroatoms. The average molecular weight is 385 g/mol. The van der Waals surface area contributed by atoms with Crippen LogP contribution in [0.4, 0.5) is 5.69 Å². The highest BCUT2D eigenvalue weighted by Gasteiger charge is 2.12. The van der Waals surface area contributed by atoms with Crippen LogP contribution in [-0.4, -0.2) is 11.7 Å². The lowest BCUT2D eigenvalue weighted by molar-refractivity contribution is 0.276. The molecule has 1 unspecified atom stereocenters. The molecule has 0 bridgehead atoms. The number of nitrogens with one attached hydrogen (secondary N) is 1. The SMILES string of the molecule is Cc1ccc(C(CO)Nc2ccccc2Br)cc1Br. The molecule has 0 heterocycles. The van der Waals surface area contributed by atoms with Gasteiger partial charge in [0.1, 0.15) is 0 Å². The number of rotatable bonds is 4. The lowest BCUT2D eigenvalue weighted by Crippen LogP contribution is -2.15. The van der Waals surface area contributed by atoms with Crippen molar-refractivity contribution < 1.29 is 5.11 Å². The molecule has 1 atom stereocenters. The van der Waals surface area contributed by atoms with Gasteiger partial charge >= 0.3 is 0 Å². The molecule has 2 nitrogen and oxygen atoms in total. The van der Waals surface area contributed by atoms with Gasteiger partial charge in [-0.25, -0.2) is 0 Å². The maximum absolute atomic E-state index is 9.60. The first-order chi connectivity index (χ1) is 9.11. The summed E-state index contributed by atoms with van der Waals surface area (Å²) in [4.78, 5) is 0. The lowest BCUT2D eigenvalue weighted by Gasteiger charge is -2.19. The monoisotopic (exact) mass is 383 g/mol. The number of aliphatic hydroxyl groups excluding tert-OH is 1. The number of aryl methyl sites for hydroxylation is 1. The lowest BCUT2D eigenvalue weighted by atomic mass is 10.1. The zero-order chi connectivity index (χ0) is 13.8. The maximum Gasteiger partial charge on any atom is 0.0745 e. The van der Waals surface area contributed by atoms with Crippen LogP contribution < -0.4 is 5.32 Å². The van der Waals surface area contributed by atoms with Crippen LogP contribution in [0.15, 0.2) is 51.4 Å². The number of hydrogen-bond donors (Lipinski definition) is 2. The van der Waals surface area contributed by atoms with E-state index in [0.29, 0.717) is 0 Å². The molecule has 0 aliphatic carbocycles. The van der Waals surface area contributed by atoms with Gasteiger partial charge in [0.25, 0.3) is 0 Å². The van der Waals surface area contributed by atoms with E-state index in [9.17, 15) is 5.11 Å². The highest BCUT2D eigenvalue weighted by Crippen LogP contribution is 2.28. The largest absolute Gasteiger partial charge is 0.394 e. The Morgan fingerprint density at radius 1 is 1.11 bits per heavy atom. The van der Waals surface area contributed by atoms with Crippen molar-refractivity contribution in [1.82, 2.24) is 0 Å².